The molecule has 34 heavy (non-hydrogen) atoms. The van der Waals surface area contributed by atoms with Gasteiger partial charge >= 0.3 is 0 Å². The van der Waals surface area contributed by atoms with Crippen molar-refractivity contribution in [2.75, 3.05) is 23.3 Å². The van der Waals surface area contributed by atoms with Crippen LogP contribution in [0.3, 0.4) is 0 Å². The van der Waals surface area contributed by atoms with Gasteiger partial charge in [-0.1, -0.05) is 18.2 Å². The summed E-state index contributed by atoms with van der Waals surface area (Å²) in [6.07, 6.45) is 5.08. The Labute approximate surface area is 197 Å². The van der Waals surface area contributed by atoms with Gasteiger partial charge in [-0.15, -0.1) is 0 Å². The molecule has 1 aliphatic heterocycles. The van der Waals surface area contributed by atoms with Crippen LogP contribution in [-0.2, 0) is 10.0 Å². The van der Waals surface area contributed by atoms with Gasteiger partial charge in [0, 0.05) is 35.9 Å². The van der Waals surface area contributed by atoms with Crippen molar-refractivity contribution in [2.45, 2.75) is 24.2 Å². The molecule has 1 amide bonds. The third-order valence-corrected chi connectivity index (χ3v) is 7.82. The summed E-state index contributed by atoms with van der Waals surface area (Å²) >= 11 is 0. The molecule has 0 saturated carbocycles. The van der Waals surface area contributed by atoms with E-state index in [-0.39, 0.29) is 4.90 Å². The number of rotatable bonds is 5. The smallest absolute Gasteiger partial charge is 0.268 e. The van der Waals surface area contributed by atoms with E-state index in [1.54, 1.807) is 6.20 Å². The van der Waals surface area contributed by atoms with Crippen LogP contribution in [-0.4, -0.2) is 31.4 Å². The van der Waals surface area contributed by atoms with Crippen molar-refractivity contribution in [3.8, 4) is 0 Å². The highest BCUT2D eigenvalue weighted by Crippen LogP contribution is 2.33. The number of piperidine rings is 1. The normalized spacial score (nSPS) is 14.3. The first kappa shape index (κ1) is 22.2. The van der Waals surface area contributed by atoms with Crippen LogP contribution >= 0.6 is 0 Å². The number of amides is 1. The molecule has 6 nitrogen and oxygen atoms in total. The van der Waals surface area contributed by atoms with E-state index in [0.29, 0.717) is 16.8 Å². The van der Waals surface area contributed by atoms with Gasteiger partial charge in [0.25, 0.3) is 15.9 Å². The minimum absolute atomic E-state index is 0.0942. The zero-order valence-corrected chi connectivity index (χ0v) is 19.3. The predicted molar refractivity (Wildman–Crippen MR) is 131 cm³/mol. The summed E-state index contributed by atoms with van der Waals surface area (Å²) in [7, 11) is -3.87. The van der Waals surface area contributed by atoms with E-state index in [0.717, 1.165) is 37.0 Å². The van der Waals surface area contributed by atoms with E-state index < -0.39 is 21.7 Å². The van der Waals surface area contributed by atoms with Crippen LogP contribution in [0.25, 0.3) is 10.9 Å². The Hall–Kier alpha value is -3.65. The minimum atomic E-state index is -3.87. The van der Waals surface area contributed by atoms with E-state index in [2.05, 4.69) is 10.2 Å². The van der Waals surface area contributed by atoms with E-state index in [9.17, 15) is 17.6 Å². The first-order valence-electron chi connectivity index (χ1n) is 11.2. The number of halogens is 1. The molecule has 1 fully saturated rings. The molecular weight excluding hydrogens is 453 g/mol. The Balaban J connectivity index is 1.45. The standard InChI is InChI=1S/C26H24FN3O3S/c27-20-10-12-21(13-11-20)28-26(31)19-8-14-22(15-9-19)34(32,33)30-18-25(29-16-4-1-5-17-29)23-6-2-3-7-24(23)30/h2-3,6-15,18H,1,4-5,16-17H2,(H,28,31). The fourth-order valence-corrected chi connectivity index (χ4v) is 5.71. The molecule has 0 atom stereocenters. The number of aromatic nitrogens is 1. The van der Waals surface area contributed by atoms with Crippen molar-refractivity contribution in [2.24, 2.45) is 0 Å². The van der Waals surface area contributed by atoms with Gasteiger partial charge in [0.1, 0.15) is 5.82 Å². The third kappa shape index (κ3) is 4.17. The SMILES string of the molecule is O=C(Nc1ccc(F)cc1)c1ccc(S(=O)(=O)n2cc(N3CCCCC3)c3ccccc32)cc1. The maximum atomic E-state index is 13.6. The maximum absolute atomic E-state index is 13.6. The van der Waals surface area contributed by atoms with E-state index in [4.69, 9.17) is 0 Å². The summed E-state index contributed by atoms with van der Waals surface area (Å²) in [6.45, 7) is 1.82. The Kier molecular flexibility index (Phi) is 5.83. The topological polar surface area (TPSA) is 71.4 Å². The number of nitrogens with one attached hydrogen (secondary N) is 1. The Morgan fingerprint density at radius 1 is 0.853 bits per heavy atom. The molecule has 0 radical (unpaired) electrons. The molecule has 0 aliphatic carbocycles. The number of fused-ring (bicyclic) bond motifs is 1. The highest BCUT2D eigenvalue weighted by Gasteiger charge is 2.24. The van der Waals surface area contributed by atoms with E-state index >= 15 is 0 Å². The van der Waals surface area contributed by atoms with Crippen LogP contribution in [0.4, 0.5) is 15.8 Å². The summed E-state index contributed by atoms with van der Waals surface area (Å²) in [4.78, 5) is 14.9. The summed E-state index contributed by atoms with van der Waals surface area (Å²) in [6, 6.07) is 18.8. The number of carbonyl (C=O) groups excluding carboxylic acids is 1. The van der Waals surface area contributed by atoms with Crippen molar-refractivity contribution < 1.29 is 17.6 Å². The third-order valence-electron chi connectivity index (χ3n) is 6.13. The molecule has 8 heteroatoms. The Morgan fingerprint density at radius 3 is 2.24 bits per heavy atom. The van der Waals surface area contributed by atoms with Crippen LogP contribution in [0.2, 0.25) is 0 Å². The van der Waals surface area contributed by atoms with Crippen LogP contribution in [0, 0.1) is 5.82 Å². The second-order valence-electron chi connectivity index (χ2n) is 8.37. The van der Waals surface area contributed by atoms with Gasteiger partial charge in [-0.2, -0.15) is 0 Å². The first-order chi connectivity index (χ1) is 16.4. The predicted octanol–water partition coefficient (Wildman–Crippen LogP) is 5.26. The molecule has 4 aromatic rings. The van der Waals surface area contributed by atoms with Crippen molar-refractivity contribution in [1.29, 1.82) is 0 Å². The van der Waals surface area contributed by atoms with Crippen molar-refractivity contribution >= 4 is 38.2 Å². The second kappa shape index (κ2) is 8.95. The molecule has 0 bridgehead atoms. The number of anilines is 2. The minimum Gasteiger partial charge on any atom is -0.370 e. The molecule has 2 heterocycles. The number of nitrogens with zero attached hydrogens (tertiary/aromatic N) is 2. The average Bonchev–Trinajstić information content (AvgIpc) is 3.27. The van der Waals surface area contributed by atoms with Crippen LogP contribution in [0.5, 0.6) is 0 Å². The van der Waals surface area contributed by atoms with Gasteiger partial charge < -0.3 is 10.2 Å². The monoisotopic (exact) mass is 477 g/mol. The summed E-state index contributed by atoms with van der Waals surface area (Å²) < 4.78 is 41.5. The molecule has 1 aliphatic rings. The maximum Gasteiger partial charge on any atom is 0.268 e. The van der Waals surface area contributed by atoms with Crippen molar-refractivity contribution in [1.82, 2.24) is 3.97 Å². The number of hydrogen-bond acceptors (Lipinski definition) is 4. The fourth-order valence-electron chi connectivity index (χ4n) is 4.35. The number of para-hydroxylation sites is 1. The fraction of sp³-hybridized carbons (Fsp3) is 0.192. The van der Waals surface area contributed by atoms with Gasteiger partial charge in [-0.3, -0.25) is 4.79 Å². The lowest BCUT2D eigenvalue weighted by Gasteiger charge is -2.28. The quantitative estimate of drug-likeness (QED) is 0.426. The lowest BCUT2D eigenvalue weighted by atomic mass is 10.1. The number of benzene rings is 3. The highest BCUT2D eigenvalue weighted by atomic mass is 32.2. The molecule has 0 unspecified atom stereocenters. The zero-order valence-electron chi connectivity index (χ0n) is 18.4. The highest BCUT2D eigenvalue weighted by molar-refractivity contribution is 7.90. The molecule has 0 spiro atoms. The van der Waals surface area contributed by atoms with Crippen molar-refractivity contribution in [3.63, 3.8) is 0 Å². The zero-order chi connectivity index (χ0) is 23.7. The van der Waals surface area contributed by atoms with Gasteiger partial charge in [0.2, 0.25) is 0 Å². The van der Waals surface area contributed by atoms with E-state index in [1.165, 1.54) is 58.9 Å². The average molecular weight is 478 g/mol. The van der Waals surface area contributed by atoms with Crippen LogP contribution < -0.4 is 10.2 Å². The molecular formula is C26H24FN3O3S. The molecule has 1 saturated heterocycles. The molecule has 3 aromatic carbocycles. The van der Waals surface area contributed by atoms with Gasteiger partial charge in [0.05, 0.1) is 16.1 Å². The second-order valence-corrected chi connectivity index (χ2v) is 10.2. The van der Waals surface area contributed by atoms with Gasteiger partial charge in [-0.25, -0.2) is 16.8 Å². The van der Waals surface area contributed by atoms with Crippen LogP contribution in [0.1, 0.15) is 29.6 Å². The lowest BCUT2D eigenvalue weighted by molar-refractivity contribution is 0.102. The van der Waals surface area contributed by atoms with Gasteiger partial charge in [0.15, 0.2) is 0 Å². The first-order valence-corrected chi connectivity index (χ1v) is 12.6. The molecule has 1 N–H and O–H groups in total. The number of hydrogen-bond donors (Lipinski definition) is 1. The Morgan fingerprint density at radius 2 is 1.53 bits per heavy atom. The summed E-state index contributed by atoms with van der Waals surface area (Å²) in [5.74, 6) is -0.803. The summed E-state index contributed by atoms with van der Waals surface area (Å²) in [5, 5.41) is 3.58. The Bertz CT molecular complexity index is 1440. The molecule has 5 rings (SSSR count). The number of carbonyl (C=O) groups is 1. The van der Waals surface area contributed by atoms with Crippen LogP contribution in [0.15, 0.2) is 83.9 Å². The van der Waals surface area contributed by atoms with Gasteiger partial charge in [-0.05, 0) is 73.9 Å². The van der Waals surface area contributed by atoms with E-state index in [1.807, 2.05) is 24.3 Å². The largest absolute Gasteiger partial charge is 0.370 e. The lowest BCUT2D eigenvalue weighted by Crippen LogP contribution is -2.29. The van der Waals surface area contributed by atoms with Crippen molar-refractivity contribution in [3.05, 3.63) is 90.4 Å². The molecule has 174 valence electrons. The summed E-state index contributed by atoms with van der Waals surface area (Å²) in [5.41, 5.74) is 2.30. The molecule has 1 aromatic heterocycles.